The van der Waals surface area contributed by atoms with Gasteiger partial charge in [-0.2, -0.15) is 0 Å². The van der Waals surface area contributed by atoms with E-state index in [0.29, 0.717) is 22.8 Å². The van der Waals surface area contributed by atoms with E-state index in [2.05, 4.69) is 6.92 Å². The lowest BCUT2D eigenvalue weighted by molar-refractivity contribution is 0.377. The van der Waals surface area contributed by atoms with Gasteiger partial charge in [-0.25, -0.2) is 4.39 Å². The molecular formula is C16H16ClFO2. The lowest BCUT2D eigenvalue weighted by atomic mass is 10.1. The van der Waals surface area contributed by atoms with Crippen LogP contribution in [0, 0.1) is 5.82 Å². The summed E-state index contributed by atoms with van der Waals surface area (Å²) in [5.41, 5.74) is 1.76. The van der Waals surface area contributed by atoms with Crippen molar-refractivity contribution in [2.24, 2.45) is 0 Å². The Bertz CT molecular complexity index is 599. The van der Waals surface area contributed by atoms with Crippen LogP contribution in [0.2, 0.25) is 0 Å². The van der Waals surface area contributed by atoms with E-state index < -0.39 is 0 Å². The molecule has 0 bridgehead atoms. The van der Waals surface area contributed by atoms with E-state index in [1.54, 1.807) is 13.2 Å². The van der Waals surface area contributed by atoms with Crippen molar-refractivity contribution >= 4 is 11.6 Å². The first-order valence-electron chi connectivity index (χ1n) is 6.37. The van der Waals surface area contributed by atoms with Crippen LogP contribution >= 0.6 is 11.6 Å². The number of ether oxygens (including phenoxy) is 2. The Morgan fingerprint density at radius 2 is 1.80 bits per heavy atom. The highest BCUT2D eigenvalue weighted by Crippen LogP contribution is 2.34. The Morgan fingerprint density at radius 1 is 1.05 bits per heavy atom. The third-order valence-corrected chi connectivity index (χ3v) is 3.31. The summed E-state index contributed by atoms with van der Waals surface area (Å²) in [6.45, 7) is 2.07. The maximum absolute atomic E-state index is 13.2. The average molecular weight is 295 g/mol. The van der Waals surface area contributed by atoms with E-state index in [4.69, 9.17) is 21.1 Å². The highest BCUT2D eigenvalue weighted by molar-refractivity contribution is 6.17. The third kappa shape index (κ3) is 3.23. The molecule has 2 aromatic rings. The maximum Gasteiger partial charge on any atom is 0.169 e. The minimum Gasteiger partial charge on any atom is -0.493 e. The number of rotatable bonds is 5. The first kappa shape index (κ1) is 14.7. The molecule has 2 aromatic carbocycles. The van der Waals surface area contributed by atoms with Crippen LogP contribution < -0.4 is 9.47 Å². The molecule has 0 N–H and O–H groups in total. The van der Waals surface area contributed by atoms with Gasteiger partial charge in [0.25, 0.3) is 0 Å². The van der Waals surface area contributed by atoms with Crippen molar-refractivity contribution in [2.75, 3.05) is 7.11 Å². The van der Waals surface area contributed by atoms with Gasteiger partial charge in [-0.05, 0) is 42.3 Å². The normalized spacial score (nSPS) is 10.4. The molecule has 4 heteroatoms. The molecule has 0 aromatic heterocycles. The lowest BCUT2D eigenvalue weighted by Gasteiger charge is -2.13. The number of benzene rings is 2. The molecule has 0 aliphatic rings. The van der Waals surface area contributed by atoms with Gasteiger partial charge in [0.1, 0.15) is 11.6 Å². The van der Waals surface area contributed by atoms with Crippen molar-refractivity contribution in [1.29, 1.82) is 0 Å². The summed E-state index contributed by atoms with van der Waals surface area (Å²) in [6.07, 6.45) is 0.917. The van der Waals surface area contributed by atoms with E-state index in [0.717, 1.165) is 12.0 Å². The van der Waals surface area contributed by atoms with Crippen LogP contribution in [0.15, 0.2) is 36.4 Å². The molecule has 0 aliphatic carbocycles. The predicted molar refractivity (Wildman–Crippen MR) is 78.4 cm³/mol. The molecule has 0 aliphatic heterocycles. The zero-order valence-corrected chi connectivity index (χ0v) is 12.2. The van der Waals surface area contributed by atoms with Crippen LogP contribution in [0.25, 0.3) is 0 Å². The predicted octanol–water partition coefficient (Wildman–Crippen LogP) is 4.93. The fraction of sp³-hybridized carbons (Fsp3) is 0.250. The Morgan fingerprint density at radius 3 is 2.45 bits per heavy atom. The second kappa shape index (κ2) is 6.62. The van der Waals surface area contributed by atoms with Crippen LogP contribution in [-0.2, 0) is 12.3 Å². The van der Waals surface area contributed by atoms with E-state index in [1.165, 1.54) is 12.1 Å². The fourth-order valence-corrected chi connectivity index (χ4v) is 2.10. The van der Waals surface area contributed by atoms with Crippen LogP contribution in [0.4, 0.5) is 4.39 Å². The van der Waals surface area contributed by atoms with E-state index >= 15 is 0 Å². The Hall–Kier alpha value is -1.74. The monoisotopic (exact) mass is 294 g/mol. The van der Waals surface area contributed by atoms with Gasteiger partial charge < -0.3 is 9.47 Å². The molecule has 0 unspecified atom stereocenters. The standard InChI is InChI=1S/C16H16ClFO2/c1-3-11-4-6-15(16(8-11)19-2)20-14-7-5-13(18)9-12(14)10-17/h4-9H,3,10H2,1-2H3. The number of alkyl halides is 1. The summed E-state index contributed by atoms with van der Waals surface area (Å²) >= 11 is 5.81. The van der Waals surface area contributed by atoms with Crippen molar-refractivity contribution in [3.05, 3.63) is 53.3 Å². The van der Waals surface area contributed by atoms with Gasteiger partial charge in [0, 0.05) is 5.56 Å². The number of hydrogen-bond acceptors (Lipinski definition) is 2. The highest BCUT2D eigenvalue weighted by Gasteiger charge is 2.10. The van der Waals surface area contributed by atoms with Crippen molar-refractivity contribution in [3.8, 4) is 17.2 Å². The average Bonchev–Trinajstić information content (AvgIpc) is 2.49. The quantitative estimate of drug-likeness (QED) is 0.728. The van der Waals surface area contributed by atoms with E-state index in [-0.39, 0.29) is 11.7 Å². The zero-order valence-electron chi connectivity index (χ0n) is 11.5. The second-order valence-corrected chi connectivity index (χ2v) is 4.59. The molecule has 0 fully saturated rings. The smallest absolute Gasteiger partial charge is 0.169 e. The first-order valence-corrected chi connectivity index (χ1v) is 6.90. The summed E-state index contributed by atoms with van der Waals surface area (Å²) in [5.74, 6) is 1.62. The van der Waals surface area contributed by atoms with Gasteiger partial charge in [-0.3, -0.25) is 0 Å². The molecule has 0 heterocycles. The topological polar surface area (TPSA) is 18.5 Å². The SMILES string of the molecule is CCc1ccc(Oc2ccc(F)cc2CCl)c(OC)c1. The minimum atomic E-state index is -0.332. The minimum absolute atomic E-state index is 0.183. The van der Waals surface area contributed by atoms with Gasteiger partial charge in [-0.15, -0.1) is 11.6 Å². The Balaban J connectivity index is 2.34. The summed E-state index contributed by atoms with van der Waals surface area (Å²) in [7, 11) is 1.59. The summed E-state index contributed by atoms with van der Waals surface area (Å²) in [6, 6.07) is 10.0. The fourth-order valence-electron chi connectivity index (χ4n) is 1.89. The number of hydrogen-bond donors (Lipinski definition) is 0. The number of methoxy groups -OCH3 is 1. The summed E-state index contributed by atoms with van der Waals surface area (Å²) in [4.78, 5) is 0. The second-order valence-electron chi connectivity index (χ2n) is 4.33. The molecule has 0 spiro atoms. The van der Waals surface area contributed by atoms with Crippen molar-refractivity contribution in [2.45, 2.75) is 19.2 Å². The molecule has 0 radical (unpaired) electrons. The molecule has 106 valence electrons. The zero-order chi connectivity index (χ0) is 14.5. The molecule has 0 atom stereocenters. The van der Waals surface area contributed by atoms with Gasteiger partial charge in [0.15, 0.2) is 11.5 Å². The van der Waals surface area contributed by atoms with Gasteiger partial charge >= 0.3 is 0 Å². The maximum atomic E-state index is 13.2. The Labute approximate surface area is 123 Å². The van der Waals surface area contributed by atoms with Crippen LogP contribution in [0.1, 0.15) is 18.1 Å². The number of halogens is 2. The summed E-state index contributed by atoms with van der Waals surface area (Å²) in [5, 5.41) is 0. The van der Waals surface area contributed by atoms with Crippen molar-refractivity contribution < 1.29 is 13.9 Å². The van der Waals surface area contributed by atoms with E-state index in [9.17, 15) is 4.39 Å². The molecule has 20 heavy (non-hydrogen) atoms. The van der Waals surface area contributed by atoms with Gasteiger partial charge in [0.2, 0.25) is 0 Å². The van der Waals surface area contributed by atoms with E-state index in [1.807, 2.05) is 18.2 Å². The third-order valence-electron chi connectivity index (χ3n) is 3.02. The lowest BCUT2D eigenvalue weighted by Crippen LogP contribution is -1.95. The molecule has 2 nitrogen and oxygen atoms in total. The molecule has 0 saturated carbocycles. The summed E-state index contributed by atoms with van der Waals surface area (Å²) < 4.78 is 24.3. The van der Waals surface area contributed by atoms with Crippen molar-refractivity contribution in [1.82, 2.24) is 0 Å². The molecule has 0 amide bonds. The van der Waals surface area contributed by atoms with Crippen molar-refractivity contribution in [3.63, 3.8) is 0 Å². The molecular weight excluding hydrogens is 279 g/mol. The molecule has 0 saturated heterocycles. The number of aryl methyl sites for hydroxylation is 1. The molecule has 2 rings (SSSR count). The van der Waals surface area contributed by atoms with Crippen LogP contribution in [-0.4, -0.2) is 7.11 Å². The van der Waals surface area contributed by atoms with Crippen LogP contribution in [0.3, 0.4) is 0 Å². The van der Waals surface area contributed by atoms with Gasteiger partial charge in [-0.1, -0.05) is 13.0 Å². The van der Waals surface area contributed by atoms with Crippen LogP contribution in [0.5, 0.6) is 17.2 Å². The highest BCUT2D eigenvalue weighted by atomic mass is 35.5. The van der Waals surface area contributed by atoms with Gasteiger partial charge in [0.05, 0.1) is 13.0 Å². The Kier molecular flexibility index (Phi) is 4.85. The first-order chi connectivity index (χ1) is 9.67. The largest absolute Gasteiger partial charge is 0.493 e.